The summed E-state index contributed by atoms with van der Waals surface area (Å²) in [7, 11) is 0. The standard InChI is InChI=1S/C32H46N2O/c35-32(18-10-13-26-11-4-1-5-12-26)19-21-34(22-20-32)25-28-23-30(33-29-16-8-3-9-17-29)24-31(28)27-14-6-2-7-15-27/h1-2,4-7,11-12,14-15,28-31,33,35H,3,8-10,13,16-25H2. The molecule has 0 radical (unpaired) electrons. The first-order chi connectivity index (χ1) is 17.2. The SMILES string of the molecule is OC1(CCCc2ccccc2)CCN(CC2CC(NC3CCCCC3)CC2c2ccccc2)CC1. The van der Waals surface area contributed by atoms with Gasteiger partial charge in [-0.05, 0) is 80.8 Å². The Morgan fingerprint density at radius 1 is 0.829 bits per heavy atom. The van der Waals surface area contributed by atoms with Gasteiger partial charge in [-0.25, -0.2) is 0 Å². The third-order valence-corrected chi connectivity index (χ3v) is 9.23. The Kier molecular flexibility index (Phi) is 8.59. The van der Waals surface area contributed by atoms with Crippen molar-refractivity contribution in [3.63, 3.8) is 0 Å². The number of hydrogen-bond donors (Lipinski definition) is 2. The maximum Gasteiger partial charge on any atom is 0.0672 e. The van der Waals surface area contributed by atoms with Gasteiger partial charge in [0.1, 0.15) is 0 Å². The second-order valence-electron chi connectivity index (χ2n) is 11.8. The molecule has 1 aliphatic heterocycles. The lowest BCUT2D eigenvalue weighted by atomic mass is 9.84. The van der Waals surface area contributed by atoms with Crippen LogP contribution >= 0.6 is 0 Å². The van der Waals surface area contributed by atoms with Crippen LogP contribution in [-0.2, 0) is 6.42 Å². The van der Waals surface area contributed by atoms with Crippen LogP contribution < -0.4 is 5.32 Å². The van der Waals surface area contributed by atoms with Crippen LogP contribution in [0.5, 0.6) is 0 Å². The fraction of sp³-hybridized carbons (Fsp3) is 0.625. The van der Waals surface area contributed by atoms with Gasteiger partial charge in [0.25, 0.3) is 0 Å². The molecule has 3 heteroatoms. The van der Waals surface area contributed by atoms with E-state index in [4.69, 9.17) is 0 Å². The molecule has 0 amide bonds. The van der Waals surface area contributed by atoms with E-state index in [1.54, 1.807) is 0 Å². The molecule has 1 saturated heterocycles. The van der Waals surface area contributed by atoms with Crippen LogP contribution in [0.1, 0.15) is 87.7 Å². The Morgan fingerprint density at radius 3 is 2.23 bits per heavy atom. The van der Waals surface area contributed by atoms with E-state index in [0.717, 1.165) is 51.2 Å². The van der Waals surface area contributed by atoms with Gasteiger partial charge in [-0.1, -0.05) is 79.9 Å². The quantitative estimate of drug-likeness (QED) is 0.446. The predicted octanol–water partition coefficient (Wildman–Crippen LogP) is 6.32. The Hall–Kier alpha value is -1.68. The number of likely N-dealkylation sites (tertiary alicyclic amines) is 1. The van der Waals surface area contributed by atoms with Gasteiger partial charge >= 0.3 is 0 Å². The van der Waals surface area contributed by atoms with Crippen LogP contribution in [0.2, 0.25) is 0 Å². The lowest BCUT2D eigenvalue weighted by molar-refractivity contribution is -0.0318. The zero-order valence-corrected chi connectivity index (χ0v) is 21.6. The Balaban J connectivity index is 1.13. The van der Waals surface area contributed by atoms with Gasteiger partial charge in [0.2, 0.25) is 0 Å². The van der Waals surface area contributed by atoms with Gasteiger partial charge in [-0.3, -0.25) is 0 Å². The van der Waals surface area contributed by atoms with E-state index in [1.165, 1.54) is 62.6 Å². The fourth-order valence-electron chi connectivity index (χ4n) is 7.17. The van der Waals surface area contributed by atoms with Gasteiger partial charge in [0, 0.05) is 31.7 Å². The molecular weight excluding hydrogens is 428 g/mol. The molecule has 35 heavy (non-hydrogen) atoms. The first kappa shape index (κ1) is 25.0. The number of rotatable bonds is 9. The molecule has 190 valence electrons. The summed E-state index contributed by atoms with van der Waals surface area (Å²) in [5, 5.41) is 15.3. The molecule has 3 nitrogen and oxygen atoms in total. The monoisotopic (exact) mass is 474 g/mol. The third-order valence-electron chi connectivity index (χ3n) is 9.23. The van der Waals surface area contributed by atoms with Crippen LogP contribution in [0.3, 0.4) is 0 Å². The summed E-state index contributed by atoms with van der Waals surface area (Å²) in [6, 6.07) is 23.4. The van der Waals surface area contributed by atoms with Crippen LogP contribution in [0.25, 0.3) is 0 Å². The minimum absolute atomic E-state index is 0.467. The normalized spacial score (nSPS) is 27.7. The highest BCUT2D eigenvalue weighted by Crippen LogP contribution is 2.41. The second kappa shape index (κ2) is 12.0. The molecule has 3 unspecified atom stereocenters. The maximum atomic E-state index is 11.2. The van der Waals surface area contributed by atoms with Crippen molar-refractivity contribution in [3.05, 3.63) is 71.8 Å². The molecule has 5 rings (SSSR count). The van der Waals surface area contributed by atoms with Crippen molar-refractivity contribution in [1.82, 2.24) is 10.2 Å². The highest BCUT2D eigenvalue weighted by molar-refractivity contribution is 5.23. The Labute approximate surface area is 213 Å². The number of piperidine rings is 1. The molecule has 2 N–H and O–H groups in total. The van der Waals surface area contributed by atoms with Crippen LogP contribution in [0.4, 0.5) is 0 Å². The van der Waals surface area contributed by atoms with Crippen molar-refractivity contribution < 1.29 is 5.11 Å². The summed E-state index contributed by atoms with van der Waals surface area (Å²) in [5.41, 5.74) is 2.45. The number of benzene rings is 2. The molecule has 0 spiro atoms. The van der Waals surface area contributed by atoms with E-state index < -0.39 is 5.60 Å². The summed E-state index contributed by atoms with van der Waals surface area (Å²) in [6.07, 6.45) is 14.5. The van der Waals surface area contributed by atoms with Crippen molar-refractivity contribution in [2.45, 2.75) is 101 Å². The molecule has 2 aromatic carbocycles. The predicted molar refractivity (Wildman–Crippen MR) is 146 cm³/mol. The number of nitrogens with one attached hydrogen (secondary N) is 1. The van der Waals surface area contributed by atoms with Gasteiger partial charge in [-0.15, -0.1) is 0 Å². The largest absolute Gasteiger partial charge is 0.390 e. The highest BCUT2D eigenvalue weighted by Gasteiger charge is 2.39. The second-order valence-corrected chi connectivity index (χ2v) is 11.8. The average Bonchev–Trinajstić information content (AvgIpc) is 3.29. The van der Waals surface area contributed by atoms with Gasteiger partial charge < -0.3 is 15.3 Å². The van der Waals surface area contributed by atoms with E-state index in [1.807, 2.05) is 0 Å². The zero-order valence-electron chi connectivity index (χ0n) is 21.6. The van der Waals surface area contributed by atoms with Crippen LogP contribution in [-0.4, -0.2) is 47.3 Å². The Morgan fingerprint density at radius 2 is 1.51 bits per heavy atom. The molecular formula is C32H46N2O. The number of hydrogen-bond acceptors (Lipinski definition) is 3. The summed E-state index contributed by atoms with van der Waals surface area (Å²) in [6.45, 7) is 3.27. The fourth-order valence-corrected chi connectivity index (χ4v) is 7.17. The van der Waals surface area contributed by atoms with Crippen LogP contribution in [0, 0.1) is 5.92 Å². The first-order valence-electron chi connectivity index (χ1n) is 14.5. The van der Waals surface area contributed by atoms with Crippen molar-refractivity contribution in [2.75, 3.05) is 19.6 Å². The van der Waals surface area contributed by atoms with Gasteiger partial charge in [0.05, 0.1) is 5.60 Å². The molecule has 2 aliphatic carbocycles. The number of nitrogens with zero attached hydrogens (tertiary/aromatic N) is 1. The summed E-state index contributed by atoms with van der Waals surface area (Å²) in [5.74, 6) is 1.37. The summed E-state index contributed by atoms with van der Waals surface area (Å²) < 4.78 is 0. The highest BCUT2D eigenvalue weighted by atomic mass is 16.3. The third kappa shape index (κ3) is 6.96. The first-order valence-corrected chi connectivity index (χ1v) is 14.5. The van der Waals surface area contributed by atoms with Crippen molar-refractivity contribution in [3.8, 4) is 0 Å². The molecule has 0 bridgehead atoms. The molecule has 3 atom stereocenters. The van der Waals surface area contributed by atoms with Crippen LogP contribution in [0.15, 0.2) is 60.7 Å². The Bertz CT molecular complexity index is 871. The lowest BCUT2D eigenvalue weighted by Crippen LogP contribution is -2.46. The minimum Gasteiger partial charge on any atom is -0.390 e. The van der Waals surface area contributed by atoms with E-state index in [-0.39, 0.29) is 0 Å². The molecule has 3 aliphatic rings. The molecule has 1 heterocycles. The van der Waals surface area contributed by atoms with Crippen molar-refractivity contribution >= 4 is 0 Å². The average molecular weight is 475 g/mol. The number of aliphatic hydroxyl groups is 1. The zero-order chi connectivity index (χ0) is 23.9. The van der Waals surface area contributed by atoms with Crippen molar-refractivity contribution in [1.29, 1.82) is 0 Å². The topological polar surface area (TPSA) is 35.5 Å². The maximum absolute atomic E-state index is 11.2. The van der Waals surface area contributed by atoms with E-state index in [0.29, 0.717) is 17.9 Å². The minimum atomic E-state index is -0.467. The van der Waals surface area contributed by atoms with E-state index in [9.17, 15) is 5.11 Å². The van der Waals surface area contributed by atoms with Gasteiger partial charge in [0.15, 0.2) is 0 Å². The van der Waals surface area contributed by atoms with E-state index >= 15 is 0 Å². The smallest absolute Gasteiger partial charge is 0.0672 e. The molecule has 0 aromatic heterocycles. The lowest BCUT2D eigenvalue weighted by Gasteiger charge is -2.40. The molecule has 3 fully saturated rings. The van der Waals surface area contributed by atoms with Gasteiger partial charge in [-0.2, -0.15) is 0 Å². The summed E-state index contributed by atoms with van der Waals surface area (Å²) >= 11 is 0. The summed E-state index contributed by atoms with van der Waals surface area (Å²) in [4.78, 5) is 2.66. The number of aryl methyl sites for hydroxylation is 1. The molecule has 2 saturated carbocycles. The van der Waals surface area contributed by atoms with E-state index in [2.05, 4.69) is 70.9 Å². The molecule has 2 aromatic rings. The van der Waals surface area contributed by atoms with Crippen molar-refractivity contribution in [2.24, 2.45) is 5.92 Å².